The first-order valence-corrected chi connectivity index (χ1v) is 8.99. The normalized spacial score (nSPS) is 23.8. The van der Waals surface area contributed by atoms with Crippen LogP contribution in [0.1, 0.15) is 13.2 Å². The first-order chi connectivity index (χ1) is 13.0. The molecular weight excluding hydrogens is 458 g/mol. The second-order valence-electron chi connectivity index (χ2n) is 5.48. The molecule has 0 spiro atoms. The maximum absolute atomic E-state index is 10.5. The quantitative estimate of drug-likeness (QED) is 0.189. The number of nitrogens with zero attached hydrogens (tertiary/aromatic N) is 4. The van der Waals surface area contributed by atoms with Gasteiger partial charge < -0.3 is 44.4 Å². The number of aromatic nitrogens is 4. The average Bonchev–Trinajstić information content (AvgIpc) is 3.16. The fourth-order valence-corrected chi connectivity index (χ4v) is 2.65. The van der Waals surface area contributed by atoms with Gasteiger partial charge in [-0.15, -0.1) is 0 Å². The number of hydrogen-bond donors (Lipinski definition) is 4. The van der Waals surface area contributed by atoms with Crippen molar-refractivity contribution in [2.45, 2.75) is 31.5 Å². The molecule has 17 heteroatoms. The van der Waals surface area contributed by atoms with Crippen LogP contribution in [0.4, 0.5) is 5.82 Å². The van der Waals surface area contributed by atoms with E-state index in [-0.39, 0.29) is 34.1 Å². The van der Waals surface area contributed by atoms with E-state index in [1.165, 1.54) is 24.1 Å². The van der Waals surface area contributed by atoms with E-state index in [9.17, 15) is 29.4 Å². The van der Waals surface area contributed by atoms with Crippen molar-refractivity contribution in [3.8, 4) is 0 Å². The van der Waals surface area contributed by atoms with Crippen molar-refractivity contribution in [1.29, 1.82) is 0 Å². The summed E-state index contributed by atoms with van der Waals surface area (Å²) in [4.78, 5) is 45.8. The summed E-state index contributed by atoms with van der Waals surface area (Å²) in [7, 11) is -5.22. The van der Waals surface area contributed by atoms with Gasteiger partial charge in [0, 0.05) is 6.92 Å². The van der Waals surface area contributed by atoms with Crippen LogP contribution in [0.2, 0.25) is 0 Å². The number of anilines is 1. The third kappa shape index (κ3) is 6.38. The van der Waals surface area contributed by atoms with Crippen LogP contribution in [0.3, 0.4) is 0 Å². The Kier molecular flexibility index (Phi) is 9.05. The Morgan fingerprint density at radius 1 is 1.34 bits per heavy atom. The van der Waals surface area contributed by atoms with Gasteiger partial charge in [0.25, 0.3) is 0 Å². The van der Waals surface area contributed by atoms with Gasteiger partial charge in [-0.2, -0.15) is 5.90 Å². The number of rotatable bonds is 4. The molecule has 2 aromatic heterocycles. The van der Waals surface area contributed by atoms with Gasteiger partial charge in [-0.25, -0.2) is 15.0 Å². The van der Waals surface area contributed by atoms with E-state index in [1.807, 2.05) is 0 Å². The van der Waals surface area contributed by atoms with Crippen LogP contribution in [0.5, 0.6) is 0 Å². The standard InChI is InChI=1S/C10H14N5O7P.C2H5NO2.Mn/c11-8-5-9(13-2-12-8)15(3-14-5)10-7(17)6(16)4(22-10)1-21-23(18,19)20;1-2(4)5-3;/h2-4,6-7,10,16-17H,1H2,(H2,11,12,13)(H2,18,19,20);3H2,1H3;/q;;+2/p-2/t4-,6-,7-,10-;;/m1../s1. The third-order valence-corrected chi connectivity index (χ3v) is 4.03. The number of carbonyl (C=O) groups excluding carboxylic acids is 1. The number of phosphoric ester groups is 1. The molecule has 3 rings (SSSR count). The molecule has 2 aromatic rings. The van der Waals surface area contributed by atoms with Crippen molar-refractivity contribution < 1.29 is 60.5 Å². The van der Waals surface area contributed by atoms with E-state index in [4.69, 9.17) is 10.5 Å². The van der Waals surface area contributed by atoms with E-state index in [0.29, 0.717) is 0 Å². The summed E-state index contributed by atoms with van der Waals surface area (Å²) >= 11 is 0. The fraction of sp³-hybridized carbons (Fsp3) is 0.500. The van der Waals surface area contributed by atoms with E-state index >= 15 is 0 Å². The molecule has 0 unspecified atom stereocenters. The molecule has 3 heterocycles. The zero-order valence-corrected chi connectivity index (χ0v) is 16.8. The number of imidazole rings is 1. The van der Waals surface area contributed by atoms with Crippen LogP contribution in [-0.4, -0.2) is 60.6 Å². The number of hydrogen-bond acceptors (Lipinski definition) is 14. The molecule has 29 heavy (non-hydrogen) atoms. The maximum Gasteiger partial charge on any atom is 2.00 e. The molecule has 0 bridgehead atoms. The van der Waals surface area contributed by atoms with Gasteiger partial charge in [-0.1, -0.05) is 0 Å². The Labute approximate surface area is 173 Å². The largest absolute Gasteiger partial charge is 2.00 e. The predicted octanol–water partition coefficient (Wildman–Crippen LogP) is -3.71. The Morgan fingerprint density at radius 3 is 2.52 bits per heavy atom. The van der Waals surface area contributed by atoms with Crippen LogP contribution < -0.4 is 21.4 Å². The molecule has 0 aromatic carbocycles. The van der Waals surface area contributed by atoms with Crippen LogP contribution in [0.15, 0.2) is 12.7 Å². The van der Waals surface area contributed by atoms with Gasteiger partial charge in [0.05, 0.1) is 20.8 Å². The number of nitrogens with two attached hydrogens (primary N) is 2. The molecule has 0 saturated carbocycles. The minimum atomic E-state index is -5.22. The number of carbonyl (C=O) groups is 1. The van der Waals surface area contributed by atoms with Crippen molar-refractivity contribution in [1.82, 2.24) is 19.5 Å². The minimum absolute atomic E-state index is 0. The SMILES string of the molecule is CC(=O)ON.Nc1ncnc2c1ncn2[C@@H]1O[C@H](COP(=O)([O-])[O-])[C@@H](O)[C@H]1O.[Mn+2]. The predicted molar refractivity (Wildman–Crippen MR) is 85.2 cm³/mol. The molecule has 0 amide bonds. The summed E-state index contributed by atoms with van der Waals surface area (Å²) in [5.41, 5.74) is 6.19. The molecule has 1 aliphatic rings. The molecule has 4 atom stereocenters. The number of fused-ring (bicyclic) bond motifs is 1. The molecular formula is C12H17MnN6O9P. The summed E-state index contributed by atoms with van der Waals surface area (Å²) in [5, 5.41) is 20.0. The van der Waals surface area contributed by atoms with Crippen LogP contribution in [0, 0.1) is 0 Å². The molecule has 1 saturated heterocycles. The zero-order chi connectivity index (χ0) is 21.1. The number of aliphatic hydroxyl groups is 2. The molecule has 0 aliphatic carbocycles. The van der Waals surface area contributed by atoms with Gasteiger partial charge in [0.1, 0.15) is 30.2 Å². The number of phosphoric acid groups is 1. The topological polar surface area (TPSA) is 244 Å². The summed E-state index contributed by atoms with van der Waals surface area (Å²) in [6.07, 6.45) is -2.75. The van der Waals surface area contributed by atoms with Crippen LogP contribution >= 0.6 is 7.82 Å². The summed E-state index contributed by atoms with van der Waals surface area (Å²) in [5.74, 6) is 3.98. The first-order valence-electron chi connectivity index (χ1n) is 7.53. The minimum Gasteiger partial charge on any atom is -0.790 e. The third-order valence-electron chi connectivity index (χ3n) is 3.56. The van der Waals surface area contributed by atoms with Crippen molar-refractivity contribution in [2.75, 3.05) is 12.3 Å². The van der Waals surface area contributed by atoms with Crippen molar-refractivity contribution in [3.05, 3.63) is 12.7 Å². The van der Waals surface area contributed by atoms with E-state index in [2.05, 4.69) is 30.2 Å². The van der Waals surface area contributed by atoms with Crippen molar-refractivity contribution in [3.63, 3.8) is 0 Å². The van der Waals surface area contributed by atoms with Gasteiger partial charge >= 0.3 is 23.0 Å². The van der Waals surface area contributed by atoms with Gasteiger partial charge in [0.15, 0.2) is 17.7 Å². The number of nitrogen functional groups attached to an aromatic ring is 1. The molecule has 161 valence electrons. The molecule has 15 nitrogen and oxygen atoms in total. The Balaban J connectivity index is 0.000000628. The van der Waals surface area contributed by atoms with Crippen LogP contribution in [0.25, 0.3) is 11.2 Å². The number of ether oxygens (including phenoxy) is 1. The van der Waals surface area contributed by atoms with Crippen molar-refractivity contribution in [2.24, 2.45) is 5.90 Å². The summed E-state index contributed by atoms with van der Waals surface area (Å²) in [6, 6.07) is 0. The summed E-state index contributed by atoms with van der Waals surface area (Å²) in [6.45, 7) is 0.517. The number of aliphatic hydroxyl groups excluding tert-OH is 2. The van der Waals surface area contributed by atoms with Gasteiger partial charge in [-0.3, -0.25) is 9.36 Å². The molecule has 1 fully saturated rings. The Morgan fingerprint density at radius 2 is 1.97 bits per heavy atom. The van der Waals surface area contributed by atoms with Crippen molar-refractivity contribution >= 4 is 30.8 Å². The summed E-state index contributed by atoms with van der Waals surface area (Å²) < 4.78 is 21.3. The fourth-order valence-electron chi connectivity index (χ4n) is 2.32. The molecule has 6 N–H and O–H groups in total. The van der Waals surface area contributed by atoms with E-state index in [0.717, 1.165) is 0 Å². The van der Waals surface area contributed by atoms with E-state index in [1.54, 1.807) is 0 Å². The second-order valence-corrected chi connectivity index (χ2v) is 6.63. The zero-order valence-electron chi connectivity index (χ0n) is 14.7. The second kappa shape index (κ2) is 10.4. The monoisotopic (exact) mass is 475 g/mol. The average molecular weight is 475 g/mol. The smallest absolute Gasteiger partial charge is 0.790 e. The maximum atomic E-state index is 10.5. The van der Waals surface area contributed by atoms with E-state index < -0.39 is 44.9 Å². The van der Waals surface area contributed by atoms with Crippen LogP contribution in [-0.2, 0) is 40.5 Å². The van der Waals surface area contributed by atoms with Gasteiger partial charge in [0.2, 0.25) is 0 Å². The first kappa shape index (κ1) is 25.3. The Hall–Kier alpha value is -1.71. The van der Waals surface area contributed by atoms with Gasteiger partial charge in [-0.05, 0) is 0 Å². The molecule has 1 aliphatic heterocycles. The molecule has 1 radical (unpaired) electrons. The Bertz CT molecular complexity index is 879.